The number of esters is 1. The minimum atomic E-state index is -1.97. The molecule has 19 nitrogen and oxygen atoms in total. The predicted molar refractivity (Wildman–Crippen MR) is 231 cm³/mol. The van der Waals surface area contributed by atoms with Crippen LogP contribution in [0.1, 0.15) is 113 Å². The van der Waals surface area contributed by atoms with E-state index in [1.54, 1.807) is 0 Å². The van der Waals surface area contributed by atoms with E-state index in [-0.39, 0.29) is 39.4 Å². The molecule has 0 spiro atoms. The SMILES string of the molecule is CC1(C)CCC2(C(=O)OC3OC(CO)C(O)C(O)C3O)CC[C@]3(C)C(=CCC4C5(C)CC[C@H](OC6OC(C(=O)O)C(O)C(OC7OC(CO)C(O)C(O)C7O)C6O)C(C)(C)C5CCC43C)C2C1. The second-order valence-corrected chi connectivity index (χ2v) is 23.5. The number of allylic oxidation sites excluding steroid dienone is 2. The van der Waals surface area contributed by atoms with Gasteiger partial charge in [-0.1, -0.05) is 60.1 Å². The first-order valence-electron chi connectivity index (χ1n) is 24.3. The van der Waals surface area contributed by atoms with Gasteiger partial charge < -0.3 is 84.6 Å². The summed E-state index contributed by atoms with van der Waals surface area (Å²) in [5, 5.41) is 115. The zero-order chi connectivity index (χ0) is 49.1. The Labute approximate surface area is 391 Å². The highest BCUT2D eigenvalue weighted by Gasteiger charge is 2.70. The highest BCUT2D eigenvalue weighted by atomic mass is 16.7. The first kappa shape index (κ1) is 51.4. The normalized spacial score (nSPS) is 52.6. The van der Waals surface area contributed by atoms with Gasteiger partial charge in [-0.3, -0.25) is 4.79 Å². The highest BCUT2D eigenvalue weighted by Crippen LogP contribution is 2.76. The van der Waals surface area contributed by atoms with Crippen molar-refractivity contribution < 1.29 is 94.2 Å². The van der Waals surface area contributed by atoms with Gasteiger partial charge in [0.05, 0.1) is 24.7 Å². The van der Waals surface area contributed by atoms with Crippen molar-refractivity contribution in [2.45, 2.75) is 211 Å². The first-order valence-corrected chi connectivity index (χ1v) is 24.3. The molecule has 23 atom stereocenters. The van der Waals surface area contributed by atoms with Crippen LogP contribution in [0, 0.1) is 50.2 Å². The first-order chi connectivity index (χ1) is 31.2. The molecule has 4 saturated carbocycles. The molecule has 0 aromatic heterocycles. The van der Waals surface area contributed by atoms with Gasteiger partial charge in [0, 0.05) is 0 Å². The Kier molecular flexibility index (Phi) is 13.8. The van der Waals surface area contributed by atoms with Crippen LogP contribution >= 0.6 is 0 Å². The van der Waals surface area contributed by atoms with Crippen LogP contribution in [0.5, 0.6) is 0 Å². The summed E-state index contributed by atoms with van der Waals surface area (Å²) in [5.74, 6) is -1.91. The van der Waals surface area contributed by atoms with Gasteiger partial charge in [-0.15, -0.1) is 0 Å². The van der Waals surface area contributed by atoms with Crippen LogP contribution in [0.15, 0.2) is 11.6 Å². The number of rotatable bonds is 9. The maximum Gasteiger partial charge on any atom is 0.335 e. The van der Waals surface area contributed by atoms with E-state index in [4.69, 9.17) is 28.4 Å². The molecule has 3 saturated heterocycles. The summed E-state index contributed by atoms with van der Waals surface area (Å²) in [4.78, 5) is 27.1. The summed E-state index contributed by atoms with van der Waals surface area (Å²) in [6.45, 7) is 14.4. The van der Waals surface area contributed by atoms with E-state index < -0.39 is 134 Å². The average Bonchev–Trinajstić information content (AvgIpc) is 3.26. The summed E-state index contributed by atoms with van der Waals surface area (Å²) in [6.07, 6.45) is -16.4. The molecule has 8 rings (SSSR count). The molecular formula is C48H76O19. The van der Waals surface area contributed by atoms with Gasteiger partial charge in [-0.05, 0) is 109 Å². The van der Waals surface area contributed by atoms with E-state index in [0.717, 1.165) is 38.5 Å². The highest BCUT2D eigenvalue weighted by molar-refractivity contribution is 5.79. The Morgan fingerprint density at radius 2 is 1.22 bits per heavy atom. The van der Waals surface area contributed by atoms with Crippen molar-refractivity contribution in [3.8, 4) is 0 Å². The topological polar surface area (TPSA) is 312 Å². The van der Waals surface area contributed by atoms with Crippen molar-refractivity contribution in [1.82, 2.24) is 0 Å². The lowest BCUT2D eigenvalue weighted by atomic mass is 9.33. The van der Waals surface area contributed by atoms with Crippen LogP contribution in [0.4, 0.5) is 0 Å². The average molecular weight is 957 g/mol. The number of hydrogen-bond donors (Lipinski definition) is 11. The smallest absolute Gasteiger partial charge is 0.335 e. The molecule has 3 heterocycles. The molecule has 67 heavy (non-hydrogen) atoms. The Balaban J connectivity index is 1.03. The molecule has 7 fully saturated rings. The van der Waals surface area contributed by atoms with Gasteiger partial charge >= 0.3 is 11.9 Å². The molecular weight excluding hydrogens is 881 g/mol. The van der Waals surface area contributed by atoms with Crippen LogP contribution in [0.25, 0.3) is 0 Å². The summed E-state index contributed by atoms with van der Waals surface area (Å²) in [5.41, 5.74) is -0.975. The number of aliphatic hydroxyl groups excluding tert-OH is 10. The van der Waals surface area contributed by atoms with Crippen LogP contribution in [-0.2, 0) is 38.0 Å². The Bertz CT molecular complexity index is 1870. The Morgan fingerprint density at radius 3 is 1.84 bits per heavy atom. The van der Waals surface area contributed by atoms with E-state index in [9.17, 15) is 65.8 Å². The largest absolute Gasteiger partial charge is 0.479 e. The second-order valence-electron chi connectivity index (χ2n) is 23.5. The number of aliphatic carboxylic acids is 1. The van der Waals surface area contributed by atoms with Gasteiger partial charge in [0.15, 0.2) is 18.7 Å². The second kappa shape index (κ2) is 18.0. The molecule has 21 unspecified atom stereocenters. The zero-order valence-corrected chi connectivity index (χ0v) is 39.7. The van der Waals surface area contributed by atoms with Crippen molar-refractivity contribution in [2.24, 2.45) is 50.2 Å². The number of carbonyl (C=O) groups excluding carboxylic acids is 1. The summed E-state index contributed by atoms with van der Waals surface area (Å²) >= 11 is 0. The molecule has 11 N–H and O–H groups in total. The lowest BCUT2D eigenvalue weighted by Gasteiger charge is -2.71. The molecule has 19 heteroatoms. The molecule has 5 aliphatic carbocycles. The minimum absolute atomic E-state index is 0.0786. The number of carboxylic acids is 1. The van der Waals surface area contributed by atoms with Crippen molar-refractivity contribution in [3.05, 3.63) is 11.6 Å². The quantitative estimate of drug-likeness (QED) is 0.0838. The lowest BCUT2D eigenvalue weighted by Crippen LogP contribution is -2.67. The molecule has 0 amide bonds. The van der Waals surface area contributed by atoms with Crippen molar-refractivity contribution in [2.75, 3.05) is 13.2 Å². The molecule has 0 bridgehead atoms. The molecule has 0 aromatic rings. The maximum absolute atomic E-state index is 14.7. The Morgan fingerprint density at radius 1 is 0.642 bits per heavy atom. The van der Waals surface area contributed by atoms with Gasteiger partial charge in [-0.25, -0.2) is 4.79 Å². The van der Waals surface area contributed by atoms with E-state index in [1.165, 1.54) is 5.57 Å². The van der Waals surface area contributed by atoms with Gasteiger partial charge in [0.25, 0.3) is 0 Å². The molecule has 8 aliphatic rings. The van der Waals surface area contributed by atoms with E-state index in [2.05, 4.69) is 54.5 Å². The number of carboxylic acid groups (broad SMARTS) is 1. The van der Waals surface area contributed by atoms with Crippen molar-refractivity contribution >= 4 is 11.9 Å². The molecule has 0 aromatic carbocycles. The standard InChI is InChI=1S/C48H76O19/c1-43(2)14-16-48(42(61)67-40-33(56)31(54)29(52)24(20-50)63-40)17-15-46(6)21(22(48)18-43)8-9-26-45(5)12-11-27(44(3,4)25(45)10-13-47(26,46)7)64-41-35(58)36(34(57)37(66-41)38(59)60)65-39-32(55)30(53)28(51)23(19-49)62-39/h8,22-37,39-41,49-58H,9-20H2,1-7H3,(H,59,60)/t22?,23?,24?,25?,26?,27-,28?,29?,30?,31?,32?,33?,34?,35?,36?,37?,39?,40?,41?,45?,46+,47?,48?/m0/s1. The molecule has 0 radical (unpaired) electrons. The number of hydrogen-bond acceptors (Lipinski definition) is 18. The van der Waals surface area contributed by atoms with Gasteiger partial charge in [-0.2, -0.15) is 0 Å². The van der Waals surface area contributed by atoms with Crippen LogP contribution in [0.3, 0.4) is 0 Å². The predicted octanol–water partition coefficient (Wildman–Crippen LogP) is 0.233. The van der Waals surface area contributed by atoms with Gasteiger partial charge in [0.1, 0.15) is 67.1 Å². The number of carbonyl (C=O) groups is 2. The monoisotopic (exact) mass is 956 g/mol. The van der Waals surface area contributed by atoms with Crippen LogP contribution in [-0.4, -0.2) is 180 Å². The summed E-state index contributed by atoms with van der Waals surface area (Å²) < 4.78 is 35.2. The summed E-state index contributed by atoms with van der Waals surface area (Å²) in [7, 11) is 0. The zero-order valence-electron chi connectivity index (χ0n) is 39.7. The van der Waals surface area contributed by atoms with Gasteiger partial charge in [0.2, 0.25) is 6.29 Å². The third kappa shape index (κ3) is 8.06. The third-order valence-corrected chi connectivity index (χ3v) is 19.3. The van der Waals surface area contributed by atoms with Crippen molar-refractivity contribution in [3.63, 3.8) is 0 Å². The molecule has 3 aliphatic heterocycles. The molecule has 382 valence electrons. The van der Waals surface area contributed by atoms with Crippen LogP contribution in [0.2, 0.25) is 0 Å². The fourth-order valence-electron chi connectivity index (χ4n) is 15.0. The number of fused-ring (bicyclic) bond motifs is 7. The van der Waals surface area contributed by atoms with Crippen LogP contribution < -0.4 is 0 Å². The van der Waals surface area contributed by atoms with E-state index in [1.807, 2.05) is 0 Å². The lowest BCUT2D eigenvalue weighted by molar-refractivity contribution is -0.365. The summed E-state index contributed by atoms with van der Waals surface area (Å²) in [6, 6.07) is 0. The number of ether oxygens (including phenoxy) is 6. The third-order valence-electron chi connectivity index (χ3n) is 19.3. The fraction of sp³-hybridized carbons (Fsp3) is 0.917. The van der Waals surface area contributed by atoms with Crippen molar-refractivity contribution in [1.29, 1.82) is 0 Å². The van der Waals surface area contributed by atoms with E-state index >= 15 is 0 Å². The Hall–Kier alpha value is -1.92. The fourth-order valence-corrected chi connectivity index (χ4v) is 15.0. The number of aliphatic hydroxyl groups is 10. The minimum Gasteiger partial charge on any atom is -0.479 e. The van der Waals surface area contributed by atoms with E-state index in [0.29, 0.717) is 25.7 Å². The maximum atomic E-state index is 14.7.